The molecule has 2 aromatic rings. The van der Waals surface area contributed by atoms with Crippen molar-refractivity contribution >= 4 is 5.91 Å². The summed E-state index contributed by atoms with van der Waals surface area (Å²) in [4.78, 5) is 12.1. The number of aromatic nitrogens is 3. The fourth-order valence-corrected chi connectivity index (χ4v) is 2.90. The number of nitrogens with one attached hydrogen (secondary N) is 2. The molecule has 0 atom stereocenters. The van der Waals surface area contributed by atoms with Gasteiger partial charge < -0.3 is 15.4 Å². The van der Waals surface area contributed by atoms with Gasteiger partial charge in [-0.2, -0.15) is 0 Å². The molecular formula is C18H25N5O2. The third kappa shape index (κ3) is 4.79. The Labute approximate surface area is 147 Å². The van der Waals surface area contributed by atoms with Crippen molar-refractivity contribution < 1.29 is 9.53 Å². The van der Waals surface area contributed by atoms with Crippen LogP contribution in [0.2, 0.25) is 0 Å². The van der Waals surface area contributed by atoms with Gasteiger partial charge in [0.1, 0.15) is 5.75 Å². The molecule has 0 unspecified atom stereocenters. The van der Waals surface area contributed by atoms with Crippen molar-refractivity contribution in [3.05, 3.63) is 41.7 Å². The van der Waals surface area contributed by atoms with Crippen molar-refractivity contribution in [2.24, 2.45) is 0 Å². The molecule has 1 saturated heterocycles. The van der Waals surface area contributed by atoms with Crippen LogP contribution in [0.5, 0.6) is 5.75 Å². The molecule has 0 spiro atoms. The van der Waals surface area contributed by atoms with Crippen LogP contribution in [0.25, 0.3) is 0 Å². The zero-order chi connectivity index (χ0) is 17.5. The van der Waals surface area contributed by atoms with Gasteiger partial charge in [-0.3, -0.25) is 4.79 Å². The Hall–Kier alpha value is -2.41. The van der Waals surface area contributed by atoms with Crippen molar-refractivity contribution in [2.45, 2.75) is 32.2 Å². The number of carbonyl (C=O) groups excluding carboxylic acids is 1. The second-order valence-corrected chi connectivity index (χ2v) is 6.29. The molecule has 1 aliphatic rings. The zero-order valence-electron chi connectivity index (χ0n) is 14.6. The summed E-state index contributed by atoms with van der Waals surface area (Å²) >= 11 is 0. The largest absolute Gasteiger partial charge is 0.493 e. The lowest BCUT2D eigenvalue weighted by Crippen LogP contribution is -2.29. The van der Waals surface area contributed by atoms with E-state index in [9.17, 15) is 4.79 Å². The fraction of sp³-hybridized carbons (Fsp3) is 0.500. The first-order valence-corrected chi connectivity index (χ1v) is 8.83. The van der Waals surface area contributed by atoms with Gasteiger partial charge in [-0.1, -0.05) is 23.4 Å². The normalized spacial score (nSPS) is 15.1. The number of nitrogens with zero attached hydrogens (tertiary/aromatic N) is 3. The maximum absolute atomic E-state index is 12.1. The van der Waals surface area contributed by atoms with Gasteiger partial charge >= 0.3 is 0 Å². The molecule has 1 fully saturated rings. The van der Waals surface area contributed by atoms with Gasteiger partial charge in [0.25, 0.3) is 5.91 Å². The second kappa shape index (κ2) is 8.62. The van der Waals surface area contributed by atoms with E-state index in [1.807, 2.05) is 35.9 Å². The summed E-state index contributed by atoms with van der Waals surface area (Å²) in [6, 6.07) is 8.24. The maximum atomic E-state index is 12.1. The van der Waals surface area contributed by atoms with Crippen molar-refractivity contribution in [1.29, 1.82) is 0 Å². The lowest BCUT2D eigenvalue weighted by molar-refractivity contribution is 0.0946. The molecule has 0 aliphatic carbocycles. The summed E-state index contributed by atoms with van der Waals surface area (Å²) in [6.45, 7) is 5.08. The molecule has 1 amide bonds. The number of benzene rings is 1. The predicted octanol–water partition coefficient (Wildman–Crippen LogP) is 1.71. The summed E-state index contributed by atoms with van der Waals surface area (Å²) in [5.41, 5.74) is 1.49. The van der Waals surface area contributed by atoms with E-state index < -0.39 is 0 Å². The van der Waals surface area contributed by atoms with E-state index in [0.717, 1.165) is 43.7 Å². The van der Waals surface area contributed by atoms with Crippen LogP contribution in [0.4, 0.5) is 0 Å². The minimum Gasteiger partial charge on any atom is -0.493 e. The van der Waals surface area contributed by atoms with E-state index in [-0.39, 0.29) is 5.91 Å². The SMILES string of the molecule is Cc1ccccc1OCCCNC(=O)c1cn(C2CCNCC2)nn1. The number of amides is 1. The van der Waals surface area contributed by atoms with Crippen molar-refractivity contribution in [1.82, 2.24) is 25.6 Å². The number of ether oxygens (including phenoxy) is 1. The van der Waals surface area contributed by atoms with Crippen LogP contribution in [0.1, 0.15) is 41.4 Å². The molecular weight excluding hydrogens is 318 g/mol. The molecule has 0 bridgehead atoms. The third-order valence-corrected chi connectivity index (χ3v) is 4.38. The van der Waals surface area contributed by atoms with E-state index in [4.69, 9.17) is 4.74 Å². The zero-order valence-corrected chi connectivity index (χ0v) is 14.6. The average Bonchev–Trinajstić information content (AvgIpc) is 3.14. The molecule has 0 saturated carbocycles. The quantitative estimate of drug-likeness (QED) is 0.748. The molecule has 1 aliphatic heterocycles. The third-order valence-electron chi connectivity index (χ3n) is 4.38. The van der Waals surface area contributed by atoms with E-state index in [2.05, 4.69) is 20.9 Å². The van der Waals surface area contributed by atoms with Gasteiger partial charge in [0.15, 0.2) is 5.69 Å². The second-order valence-electron chi connectivity index (χ2n) is 6.29. The summed E-state index contributed by atoms with van der Waals surface area (Å²) in [7, 11) is 0. The summed E-state index contributed by atoms with van der Waals surface area (Å²) in [6.07, 6.45) is 4.51. The lowest BCUT2D eigenvalue weighted by atomic mass is 10.1. The standard InChI is InChI=1S/C18H25N5O2/c1-14-5-2-3-6-17(14)25-12-4-9-20-18(24)16-13-23(22-21-16)15-7-10-19-11-8-15/h2-3,5-6,13,15,19H,4,7-12H2,1H3,(H,20,24). The molecule has 25 heavy (non-hydrogen) atoms. The van der Waals surface area contributed by atoms with Gasteiger partial charge in [-0.05, 0) is 50.9 Å². The first-order chi connectivity index (χ1) is 12.2. The molecule has 2 N–H and O–H groups in total. The Morgan fingerprint density at radius 3 is 2.96 bits per heavy atom. The molecule has 7 heteroatoms. The molecule has 1 aromatic carbocycles. The van der Waals surface area contributed by atoms with Crippen LogP contribution in [0.3, 0.4) is 0 Å². The van der Waals surface area contributed by atoms with Crippen LogP contribution in [0, 0.1) is 6.92 Å². The molecule has 1 aromatic heterocycles. The van der Waals surface area contributed by atoms with Crippen molar-refractivity contribution in [3.8, 4) is 5.75 Å². The van der Waals surface area contributed by atoms with Gasteiger partial charge in [-0.25, -0.2) is 4.68 Å². The Bertz CT molecular complexity index is 694. The van der Waals surface area contributed by atoms with Crippen LogP contribution >= 0.6 is 0 Å². The van der Waals surface area contributed by atoms with Gasteiger partial charge in [0.2, 0.25) is 0 Å². The van der Waals surface area contributed by atoms with Crippen LogP contribution in [0.15, 0.2) is 30.5 Å². The van der Waals surface area contributed by atoms with Crippen LogP contribution in [-0.4, -0.2) is 47.1 Å². The van der Waals surface area contributed by atoms with E-state index >= 15 is 0 Å². The molecule has 134 valence electrons. The highest BCUT2D eigenvalue weighted by Gasteiger charge is 2.18. The Morgan fingerprint density at radius 1 is 1.36 bits per heavy atom. The Morgan fingerprint density at radius 2 is 2.16 bits per heavy atom. The number of hydrogen-bond donors (Lipinski definition) is 2. The minimum atomic E-state index is -0.184. The summed E-state index contributed by atoms with van der Waals surface area (Å²) < 4.78 is 7.53. The smallest absolute Gasteiger partial charge is 0.273 e. The summed E-state index contributed by atoms with van der Waals surface area (Å²) in [5, 5.41) is 14.3. The number of rotatable bonds is 7. The summed E-state index contributed by atoms with van der Waals surface area (Å²) in [5.74, 6) is 0.704. The van der Waals surface area contributed by atoms with Crippen LogP contribution in [-0.2, 0) is 0 Å². The van der Waals surface area contributed by atoms with Gasteiger partial charge in [0.05, 0.1) is 18.8 Å². The Balaban J connectivity index is 1.39. The number of carbonyl (C=O) groups is 1. The van der Waals surface area contributed by atoms with Crippen molar-refractivity contribution in [2.75, 3.05) is 26.2 Å². The molecule has 3 rings (SSSR count). The minimum absolute atomic E-state index is 0.184. The lowest BCUT2D eigenvalue weighted by Gasteiger charge is -2.22. The number of para-hydroxylation sites is 1. The highest BCUT2D eigenvalue weighted by Crippen LogP contribution is 2.17. The van der Waals surface area contributed by atoms with E-state index in [1.165, 1.54) is 0 Å². The monoisotopic (exact) mass is 343 g/mol. The highest BCUT2D eigenvalue weighted by atomic mass is 16.5. The van der Waals surface area contributed by atoms with E-state index in [1.54, 1.807) is 6.20 Å². The first-order valence-electron chi connectivity index (χ1n) is 8.83. The number of aryl methyl sites for hydroxylation is 1. The first kappa shape index (κ1) is 17.4. The molecule has 0 radical (unpaired) electrons. The average molecular weight is 343 g/mol. The van der Waals surface area contributed by atoms with Gasteiger partial charge in [-0.15, -0.1) is 5.10 Å². The fourth-order valence-electron chi connectivity index (χ4n) is 2.90. The van der Waals surface area contributed by atoms with E-state index in [0.29, 0.717) is 24.9 Å². The maximum Gasteiger partial charge on any atom is 0.273 e. The van der Waals surface area contributed by atoms with Crippen molar-refractivity contribution in [3.63, 3.8) is 0 Å². The molecule has 7 nitrogen and oxygen atoms in total. The van der Waals surface area contributed by atoms with Crippen LogP contribution < -0.4 is 15.4 Å². The Kier molecular flexibility index (Phi) is 6.00. The number of piperidine rings is 1. The molecule has 2 heterocycles. The highest BCUT2D eigenvalue weighted by molar-refractivity contribution is 5.91. The number of hydrogen-bond acceptors (Lipinski definition) is 5. The topological polar surface area (TPSA) is 81.1 Å². The predicted molar refractivity (Wildman–Crippen MR) is 94.8 cm³/mol. The van der Waals surface area contributed by atoms with Gasteiger partial charge in [0, 0.05) is 6.54 Å².